The predicted molar refractivity (Wildman–Crippen MR) is 63.1 cm³/mol. The van der Waals surface area contributed by atoms with E-state index < -0.39 is 6.61 Å². The van der Waals surface area contributed by atoms with Crippen molar-refractivity contribution >= 4 is 0 Å². The van der Waals surface area contributed by atoms with Crippen LogP contribution in [-0.4, -0.2) is 19.7 Å². The molecule has 0 spiro atoms. The van der Waals surface area contributed by atoms with Crippen molar-refractivity contribution in [3.63, 3.8) is 0 Å². The molecule has 1 unspecified atom stereocenters. The van der Waals surface area contributed by atoms with Crippen LogP contribution in [0.3, 0.4) is 0 Å². The number of alkyl halides is 2. The summed E-state index contributed by atoms with van der Waals surface area (Å²) >= 11 is 0. The van der Waals surface area contributed by atoms with Crippen LogP contribution in [0.4, 0.5) is 8.78 Å². The average molecular weight is 242 g/mol. The average Bonchev–Trinajstić information content (AvgIpc) is 2.31. The van der Waals surface area contributed by atoms with Gasteiger partial charge in [0.05, 0.1) is 0 Å². The molecule has 0 aliphatic rings. The fourth-order valence-electron chi connectivity index (χ4n) is 1.44. The molecule has 0 aliphatic heterocycles. The van der Waals surface area contributed by atoms with Gasteiger partial charge in [0.2, 0.25) is 0 Å². The van der Waals surface area contributed by atoms with Gasteiger partial charge in [-0.15, -0.1) is 6.58 Å². The van der Waals surface area contributed by atoms with Crippen LogP contribution in [0.15, 0.2) is 36.9 Å². The summed E-state index contributed by atoms with van der Waals surface area (Å²) in [7, 11) is 0. The second kappa shape index (κ2) is 6.98. The van der Waals surface area contributed by atoms with Crippen molar-refractivity contribution in [2.75, 3.05) is 13.1 Å². The molecule has 1 atom stereocenters. The monoisotopic (exact) mass is 242 g/mol. The Morgan fingerprint density at radius 3 is 2.47 bits per heavy atom. The van der Waals surface area contributed by atoms with Crippen molar-refractivity contribution in [1.82, 2.24) is 5.32 Å². The first-order valence-corrected chi connectivity index (χ1v) is 5.26. The summed E-state index contributed by atoms with van der Waals surface area (Å²) in [5, 5.41) is 3.16. The van der Waals surface area contributed by atoms with E-state index in [0.29, 0.717) is 13.1 Å². The third kappa shape index (κ3) is 4.50. The molecule has 1 aromatic rings. The molecule has 0 aromatic heterocycles. The van der Waals surface area contributed by atoms with E-state index in [0.717, 1.165) is 5.56 Å². The molecule has 0 fully saturated rings. The summed E-state index contributed by atoms with van der Waals surface area (Å²) in [6.45, 7) is 1.86. The SMILES string of the molecule is C=CCNC(CN)c1ccc(OC(F)F)cc1. The third-order valence-electron chi connectivity index (χ3n) is 2.25. The summed E-state index contributed by atoms with van der Waals surface area (Å²) in [6.07, 6.45) is 1.73. The first-order valence-electron chi connectivity index (χ1n) is 5.26. The van der Waals surface area contributed by atoms with Crippen molar-refractivity contribution in [3.8, 4) is 5.75 Å². The Kier molecular flexibility index (Phi) is 5.59. The Balaban J connectivity index is 2.67. The number of ether oxygens (including phenoxy) is 1. The molecule has 0 amide bonds. The van der Waals surface area contributed by atoms with E-state index >= 15 is 0 Å². The number of nitrogens with one attached hydrogen (secondary N) is 1. The van der Waals surface area contributed by atoms with E-state index in [1.807, 2.05) is 0 Å². The molecule has 0 aliphatic carbocycles. The zero-order valence-electron chi connectivity index (χ0n) is 9.40. The van der Waals surface area contributed by atoms with Gasteiger partial charge in [0.25, 0.3) is 0 Å². The summed E-state index contributed by atoms with van der Waals surface area (Å²) in [5.41, 5.74) is 6.54. The van der Waals surface area contributed by atoms with Crippen LogP contribution in [0.5, 0.6) is 5.75 Å². The molecule has 0 saturated carbocycles. The fourth-order valence-corrected chi connectivity index (χ4v) is 1.44. The highest BCUT2D eigenvalue weighted by molar-refractivity contribution is 5.29. The fraction of sp³-hybridized carbons (Fsp3) is 0.333. The maximum absolute atomic E-state index is 11.9. The molecule has 1 aromatic carbocycles. The largest absolute Gasteiger partial charge is 0.435 e. The number of hydrogen-bond donors (Lipinski definition) is 2. The molecule has 3 nitrogen and oxygen atoms in total. The standard InChI is InChI=1S/C12H16F2N2O/c1-2-7-16-11(8-15)9-3-5-10(6-4-9)17-12(13)14/h2-6,11-12,16H,1,7-8,15H2. The van der Waals surface area contributed by atoms with Gasteiger partial charge in [-0.05, 0) is 17.7 Å². The molecular formula is C12H16F2N2O. The third-order valence-corrected chi connectivity index (χ3v) is 2.25. The lowest BCUT2D eigenvalue weighted by Crippen LogP contribution is -2.28. The molecule has 0 heterocycles. The van der Waals surface area contributed by atoms with Crippen LogP contribution in [-0.2, 0) is 0 Å². The molecule has 94 valence electrons. The van der Waals surface area contributed by atoms with Crippen LogP contribution < -0.4 is 15.8 Å². The quantitative estimate of drug-likeness (QED) is 0.719. The smallest absolute Gasteiger partial charge is 0.387 e. The summed E-state index contributed by atoms with van der Waals surface area (Å²) in [4.78, 5) is 0. The minimum absolute atomic E-state index is 0.0198. The molecule has 17 heavy (non-hydrogen) atoms. The van der Waals surface area contributed by atoms with Crippen molar-refractivity contribution in [3.05, 3.63) is 42.5 Å². The Bertz CT molecular complexity index is 341. The van der Waals surface area contributed by atoms with Crippen molar-refractivity contribution in [2.45, 2.75) is 12.7 Å². The Hall–Kier alpha value is -1.46. The van der Waals surface area contributed by atoms with Crippen LogP contribution >= 0.6 is 0 Å². The Morgan fingerprint density at radius 1 is 1.35 bits per heavy atom. The minimum Gasteiger partial charge on any atom is -0.435 e. The van der Waals surface area contributed by atoms with E-state index in [2.05, 4.69) is 16.6 Å². The van der Waals surface area contributed by atoms with Gasteiger partial charge in [0, 0.05) is 19.1 Å². The second-order valence-corrected chi connectivity index (χ2v) is 3.43. The van der Waals surface area contributed by atoms with Gasteiger partial charge in [-0.2, -0.15) is 8.78 Å². The van der Waals surface area contributed by atoms with Gasteiger partial charge in [-0.25, -0.2) is 0 Å². The number of benzene rings is 1. The van der Waals surface area contributed by atoms with Gasteiger partial charge in [-0.3, -0.25) is 0 Å². The second-order valence-electron chi connectivity index (χ2n) is 3.43. The van der Waals surface area contributed by atoms with E-state index in [1.54, 1.807) is 18.2 Å². The van der Waals surface area contributed by atoms with Crippen LogP contribution in [0.1, 0.15) is 11.6 Å². The predicted octanol–water partition coefficient (Wildman–Crippen LogP) is 2.06. The van der Waals surface area contributed by atoms with Gasteiger partial charge in [0.1, 0.15) is 5.75 Å². The van der Waals surface area contributed by atoms with E-state index in [-0.39, 0.29) is 11.8 Å². The van der Waals surface area contributed by atoms with Gasteiger partial charge >= 0.3 is 6.61 Å². The lowest BCUT2D eigenvalue weighted by molar-refractivity contribution is -0.0498. The lowest BCUT2D eigenvalue weighted by atomic mass is 10.1. The van der Waals surface area contributed by atoms with E-state index in [4.69, 9.17) is 5.73 Å². The number of rotatable bonds is 7. The highest BCUT2D eigenvalue weighted by Gasteiger charge is 2.09. The number of hydrogen-bond acceptors (Lipinski definition) is 3. The maximum atomic E-state index is 11.9. The lowest BCUT2D eigenvalue weighted by Gasteiger charge is -2.16. The van der Waals surface area contributed by atoms with Crippen molar-refractivity contribution in [1.29, 1.82) is 0 Å². The van der Waals surface area contributed by atoms with Gasteiger partial charge in [-0.1, -0.05) is 18.2 Å². The number of halogens is 2. The highest BCUT2D eigenvalue weighted by atomic mass is 19.3. The molecule has 0 radical (unpaired) electrons. The Morgan fingerprint density at radius 2 is 2.00 bits per heavy atom. The van der Waals surface area contributed by atoms with Crippen molar-refractivity contribution < 1.29 is 13.5 Å². The number of nitrogens with two attached hydrogens (primary N) is 1. The molecular weight excluding hydrogens is 226 g/mol. The van der Waals surface area contributed by atoms with Crippen LogP contribution in [0, 0.1) is 0 Å². The summed E-state index contributed by atoms with van der Waals surface area (Å²) in [5.74, 6) is 0.142. The first-order chi connectivity index (χ1) is 8.17. The molecule has 3 N–H and O–H groups in total. The molecule has 0 saturated heterocycles. The van der Waals surface area contributed by atoms with Gasteiger partial charge in [0.15, 0.2) is 0 Å². The molecule has 5 heteroatoms. The molecule has 1 rings (SSSR count). The normalized spacial score (nSPS) is 12.5. The maximum Gasteiger partial charge on any atom is 0.387 e. The van der Waals surface area contributed by atoms with E-state index in [1.165, 1.54) is 12.1 Å². The summed E-state index contributed by atoms with van der Waals surface area (Å²) < 4.78 is 28.2. The Labute approximate surface area is 99.3 Å². The van der Waals surface area contributed by atoms with Crippen LogP contribution in [0.2, 0.25) is 0 Å². The topological polar surface area (TPSA) is 47.3 Å². The van der Waals surface area contributed by atoms with Crippen molar-refractivity contribution in [2.24, 2.45) is 5.73 Å². The first kappa shape index (κ1) is 13.6. The molecule has 0 bridgehead atoms. The van der Waals surface area contributed by atoms with E-state index in [9.17, 15) is 8.78 Å². The highest BCUT2D eigenvalue weighted by Crippen LogP contribution is 2.18. The minimum atomic E-state index is -2.80. The van der Waals surface area contributed by atoms with Crippen LogP contribution in [0.25, 0.3) is 0 Å². The zero-order chi connectivity index (χ0) is 12.7. The zero-order valence-corrected chi connectivity index (χ0v) is 9.40. The van der Waals surface area contributed by atoms with Gasteiger partial charge < -0.3 is 15.8 Å². The summed E-state index contributed by atoms with van der Waals surface area (Å²) in [6, 6.07) is 6.41.